The first-order valence-electron chi connectivity index (χ1n) is 2.76. The molecule has 0 aromatic rings. The summed E-state index contributed by atoms with van der Waals surface area (Å²) in [6.07, 6.45) is 0.861. The molecule has 0 saturated carbocycles. The molecule has 0 spiro atoms. The molecule has 2 heteroatoms. The molecule has 0 heterocycles. The zero-order valence-corrected chi connectivity index (χ0v) is 5.32. The van der Waals surface area contributed by atoms with Gasteiger partial charge in [-0.25, -0.2) is 5.48 Å². The maximum atomic E-state index is 4.71. The van der Waals surface area contributed by atoms with Gasteiger partial charge in [-0.15, -0.1) is 0 Å². The number of nitrogens with one attached hydrogen (secondary N) is 1. The predicted octanol–water partition coefficient (Wildman–Crippen LogP) is 0.898. The first-order chi connectivity index (χ1) is 3.91. The van der Waals surface area contributed by atoms with Crippen LogP contribution in [0, 0.1) is 12.0 Å². The quantitative estimate of drug-likeness (QED) is 0.248. The van der Waals surface area contributed by atoms with Gasteiger partial charge in [0, 0.05) is 12.5 Å². The van der Waals surface area contributed by atoms with Gasteiger partial charge in [0.25, 0.3) is 0 Å². The lowest BCUT2D eigenvalue weighted by Crippen LogP contribution is -2.05. The van der Waals surface area contributed by atoms with E-state index in [-0.39, 0.29) is 0 Å². The van der Waals surface area contributed by atoms with E-state index in [1.807, 2.05) is 13.8 Å². The molecule has 0 saturated heterocycles. The second-order valence-corrected chi connectivity index (χ2v) is 1.19. The first kappa shape index (κ1) is 7.32. The maximum absolute atomic E-state index is 4.71. The number of hydrogen-bond acceptors (Lipinski definition) is 2. The molecule has 0 aliphatic carbocycles. The Kier molecular flexibility index (Phi) is 5.78. The van der Waals surface area contributed by atoms with E-state index in [9.17, 15) is 0 Å². The molecule has 2 nitrogen and oxygen atoms in total. The zero-order chi connectivity index (χ0) is 6.24. The van der Waals surface area contributed by atoms with Crippen LogP contribution in [0.5, 0.6) is 0 Å². The van der Waals surface area contributed by atoms with Crippen molar-refractivity contribution in [2.45, 2.75) is 20.3 Å². The molecule has 1 N–H and O–H groups in total. The van der Waals surface area contributed by atoms with Crippen LogP contribution < -0.4 is 5.48 Å². The number of hydrogen-bond donors (Lipinski definition) is 1. The molecule has 46 valence electrons. The Balaban J connectivity index is 2.90. The molecule has 0 rings (SSSR count). The van der Waals surface area contributed by atoms with Crippen molar-refractivity contribution in [3.8, 4) is 12.0 Å². The van der Waals surface area contributed by atoms with Gasteiger partial charge in [-0.3, -0.25) is 4.84 Å². The van der Waals surface area contributed by atoms with Crippen LogP contribution in [0.1, 0.15) is 20.3 Å². The summed E-state index contributed by atoms with van der Waals surface area (Å²) >= 11 is 0. The highest BCUT2D eigenvalue weighted by molar-refractivity contribution is 4.92. The molecular formula is C6H11NO. The van der Waals surface area contributed by atoms with Crippen LogP contribution in [0.15, 0.2) is 0 Å². The van der Waals surface area contributed by atoms with E-state index in [1.165, 1.54) is 0 Å². The highest BCUT2D eigenvalue weighted by Crippen LogP contribution is 1.64. The Labute approximate surface area is 50.2 Å². The Morgan fingerprint density at radius 3 is 2.75 bits per heavy atom. The van der Waals surface area contributed by atoms with Crippen LogP contribution in [-0.4, -0.2) is 6.61 Å². The maximum Gasteiger partial charge on any atom is 0.0725 e. The van der Waals surface area contributed by atoms with Crippen molar-refractivity contribution in [3.05, 3.63) is 0 Å². The molecule has 0 bridgehead atoms. The van der Waals surface area contributed by atoms with Crippen molar-refractivity contribution in [1.82, 2.24) is 5.48 Å². The normalized spacial score (nSPS) is 7.25. The fraction of sp³-hybridized carbons (Fsp3) is 0.667. The molecule has 0 fully saturated rings. The summed E-state index contributed by atoms with van der Waals surface area (Å²) in [5.41, 5.74) is 2.47. The van der Waals surface area contributed by atoms with E-state index < -0.39 is 0 Å². The largest absolute Gasteiger partial charge is 0.269 e. The third-order valence-electron chi connectivity index (χ3n) is 0.533. The second kappa shape index (κ2) is 6.32. The average molecular weight is 113 g/mol. The summed E-state index contributed by atoms with van der Waals surface area (Å²) in [6.45, 7) is 4.54. The Morgan fingerprint density at radius 1 is 1.50 bits per heavy atom. The van der Waals surface area contributed by atoms with E-state index in [0.29, 0.717) is 6.61 Å². The minimum atomic E-state index is 0.651. The Bertz CT molecular complexity index is 90.4. The third kappa shape index (κ3) is 5.32. The van der Waals surface area contributed by atoms with Crippen LogP contribution in [0.25, 0.3) is 0 Å². The van der Waals surface area contributed by atoms with Crippen molar-refractivity contribution in [2.24, 2.45) is 0 Å². The van der Waals surface area contributed by atoms with Gasteiger partial charge in [0.1, 0.15) is 0 Å². The first-order valence-corrected chi connectivity index (χ1v) is 2.76. The summed E-state index contributed by atoms with van der Waals surface area (Å²) in [5.74, 6) is 2.80. The molecule has 8 heavy (non-hydrogen) atoms. The lowest BCUT2D eigenvalue weighted by Gasteiger charge is -1.90. The summed E-state index contributed by atoms with van der Waals surface area (Å²) in [7, 11) is 0. The highest BCUT2D eigenvalue weighted by atomic mass is 16.6. The van der Waals surface area contributed by atoms with Gasteiger partial charge in [-0.2, -0.15) is 0 Å². The summed E-state index contributed by atoms with van der Waals surface area (Å²) in [6, 6.07) is 2.61. The highest BCUT2D eigenvalue weighted by Gasteiger charge is 1.67. The van der Waals surface area contributed by atoms with Gasteiger partial charge in [0.15, 0.2) is 0 Å². The van der Waals surface area contributed by atoms with E-state index in [1.54, 1.807) is 0 Å². The predicted molar refractivity (Wildman–Crippen MR) is 32.8 cm³/mol. The van der Waals surface area contributed by atoms with Crippen LogP contribution in [0.2, 0.25) is 0 Å². The topological polar surface area (TPSA) is 21.3 Å². The molecule has 0 aliphatic rings. The molecule has 0 atom stereocenters. The van der Waals surface area contributed by atoms with Crippen molar-refractivity contribution < 1.29 is 4.84 Å². The summed E-state index contributed by atoms with van der Waals surface area (Å²) in [4.78, 5) is 4.71. The average Bonchev–Trinajstić information content (AvgIpc) is 1.81. The van der Waals surface area contributed by atoms with Gasteiger partial charge in [0.05, 0.1) is 6.61 Å². The monoisotopic (exact) mass is 113 g/mol. The van der Waals surface area contributed by atoms with Gasteiger partial charge in [0.2, 0.25) is 0 Å². The smallest absolute Gasteiger partial charge is 0.0725 e. The number of hydroxylamine groups is 1. The van der Waals surface area contributed by atoms with Crippen molar-refractivity contribution in [2.75, 3.05) is 6.61 Å². The lowest BCUT2D eigenvalue weighted by molar-refractivity contribution is 0.0896. The lowest BCUT2D eigenvalue weighted by atomic mass is 10.5. The third-order valence-corrected chi connectivity index (χ3v) is 0.533. The van der Waals surface area contributed by atoms with Crippen molar-refractivity contribution in [1.29, 1.82) is 0 Å². The zero-order valence-electron chi connectivity index (χ0n) is 5.32. The van der Waals surface area contributed by atoms with Gasteiger partial charge in [-0.1, -0.05) is 12.8 Å². The Hall–Kier alpha value is -0.680. The van der Waals surface area contributed by atoms with Crippen LogP contribution in [0.4, 0.5) is 0 Å². The summed E-state index contributed by atoms with van der Waals surface area (Å²) in [5, 5.41) is 0. The van der Waals surface area contributed by atoms with E-state index in [4.69, 9.17) is 4.84 Å². The fourth-order valence-corrected chi connectivity index (χ4v) is 0.233. The van der Waals surface area contributed by atoms with Gasteiger partial charge >= 0.3 is 0 Å². The van der Waals surface area contributed by atoms with Crippen LogP contribution in [0.3, 0.4) is 0 Å². The molecule has 0 radical (unpaired) electrons. The van der Waals surface area contributed by atoms with Crippen LogP contribution >= 0.6 is 0 Å². The van der Waals surface area contributed by atoms with Gasteiger partial charge < -0.3 is 0 Å². The van der Waals surface area contributed by atoms with Crippen molar-refractivity contribution in [3.63, 3.8) is 0 Å². The molecule has 0 aromatic carbocycles. The number of rotatable bonds is 2. The minimum absolute atomic E-state index is 0.651. The van der Waals surface area contributed by atoms with Crippen molar-refractivity contribution >= 4 is 0 Å². The fourth-order valence-electron chi connectivity index (χ4n) is 0.233. The van der Waals surface area contributed by atoms with E-state index >= 15 is 0 Å². The molecule has 0 aliphatic heterocycles. The Morgan fingerprint density at radius 2 is 2.25 bits per heavy atom. The standard InChI is InChI=1S/C6H11NO/c1-3-5-6-7-8-4-2/h7H,3-4H2,1-2H3. The SMILES string of the molecule is CCC#CNOCC. The summed E-state index contributed by atoms with van der Waals surface area (Å²) < 4.78 is 0. The second-order valence-electron chi connectivity index (χ2n) is 1.19. The molecular weight excluding hydrogens is 102 g/mol. The van der Waals surface area contributed by atoms with E-state index in [0.717, 1.165) is 6.42 Å². The molecule has 0 unspecified atom stereocenters. The minimum Gasteiger partial charge on any atom is -0.269 e. The molecule has 0 amide bonds. The molecule has 0 aromatic heterocycles. The van der Waals surface area contributed by atoms with Gasteiger partial charge in [-0.05, 0) is 6.92 Å². The van der Waals surface area contributed by atoms with Crippen LogP contribution in [-0.2, 0) is 4.84 Å². The van der Waals surface area contributed by atoms with E-state index in [2.05, 4.69) is 17.4 Å².